The van der Waals surface area contributed by atoms with Gasteiger partial charge in [0.25, 0.3) is 11.5 Å². The van der Waals surface area contributed by atoms with E-state index in [2.05, 4.69) is 9.97 Å². The van der Waals surface area contributed by atoms with Gasteiger partial charge < -0.3 is 19.7 Å². The van der Waals surface area contributed by atoms with Gasteiger partial charge in [-0.05, 0) is 0 Å². The third-order valence-corrected chi connectivity index (χ3v) is 2.72. The van der Waals surface area contributed by atoms with Gasteiger partial charge in [-0.1, -0.05) is 0 Å². The summed E-state index contributed by atoms with van der Waals surface area (Å²) in [6, 6.07) is 0. The van der Waals surface area contributed by atoms with Gasteiger partial charge in [0.05, 0.1) is 25.3 Å². The molecule has 0 saturated carbocycles. The summed E-state index contributed by atoms with van der Waals surface area (Å²) in [5.41, 5.74) is -0.266. The van der Waals surface area contributed by atoms with Crippen molar-refractivity contribution < 1.29 is 19.4 Å². The number of aliphatic carboxylic acids is 1. The van der Waals surface area contributed by atoms with Crippen molar-refractivity contribution in [2.45, 2.75) is 12.5 Å². The molecule has 1 aliphatic heterocycles. The molecule has 0 radical (unpaired) electrons. The fourth-order valence-electron chi connectivity index (χ4n) is 1.84. The maximum Gasteiger partial charge on any atom is 0.306 e. The van der Waals surface area contributed by atoms with Crippen LogP contribution in [0.4, 0.5) is 0 Å². The molecule has 8 nitrogen and oxygen atoms in total. The maximum absolute atomic E-state index is 12.1. The number of rotatable bonds is 3. The lowest BCUT2D eigenvalue weighted by atomic mass is 10.2. The number of hydrogen-bond acceptors (Lipinski definition) is 5. The first-order valence-electron chi connectivity index (χ1n) is 5.73. The van der Waals surface area contributed by atoms with Gasteiger partial charge in [0.1, 0.15) is 5.69 Å². The SMILES string of the molecule is O=C(O)CC1CN(C(=O)c2c[nH]c(=O)cn2)CCO1. The van der Waals surface area contributed by atoms with Crippen molar-refractivity contribution in [3.05, 3.63) is 28.4 Å². The summed E-state index contributed by atoms with van der Waals surface area (Å²) in [4.78, 5) is 41.2. The quantitative estimate of drug-likeness (QED) is 0.732. The van der Waals surface area contributed by atoms with Crippen molar-refractivity contribution in [3.8, 4) is 0 Å². The number of carbonyl (C=O) groups excluding carboxylic acids is 1. The molecule has 1 aromatic rings. The predicted octanol–water partition coefficient (Wildman–Crippen LogP) is -0.914. The number of nitrogens with one attached hydrogen (secondary N) is 1. The van der Waals surface area contributed by atoms with E-state index in [1.165, 1.54) is 11.1 Å². The van der Waals surface area contributed by atoms with Crippen LogP contribution in [0.3, 0.4) is 0 Å². The zero-order chi connectivity index (χ0) is 13.8. The minimum absolute atomic E-state index is 0.121. The van der Waals surface area contributed by atoms with E-state index in [0.29, 0.717) is 6.54 Å². The number of morpholine rings is 1. The van der Waals surface area contributed by atoms with E-state index in [9.17, 15) is 14.4 Å². The highest BCUT2D eigenvalue weighted by Gasteiger charge is 2.27. The molecule has 1 fully saturated rings. The van der Waals surface area contributed by atoms with E-state index in [4.69, 9.17) is 9.84 Å². The van der Waals surface area contributed by atoms with E-state index >= 15 is 0 Å². The van der Waals surface area contributed by atoms with Gasteiger partial charge in [-0.2, -0.15) is 0 Å². The number of amides is 1. The van der Waals surface area contributed by atoms with Crippen LogP contribution in [0.25, 0.3) is 0 Å². The van der Waals surface area contributed by atoms with Crippen LogP contribution in [0, 0.1) is 0 Å². The monoisotopic (exact) mass is 267 g/mol. The molecule has 8 heteroatoms. The highest BCUT2D eigenvalue weighted by atomic mass is 16.5. The highest BCUT2D eigenvalue weighted by Crippen LogP contribution is 2.11. The van der Waals surface area contributed by atoms with E-state index in [1.807, 2.05) is 0 Å². The lowest BCUT2D eigenvalue weighted by Crippen LogP contribution is -2.46. The number of carboxylic acid groups (broad SMARTS) is 1. The summed E-state index contributed by atoms with van der Waals surface area (Å²) in [6.07, 6.45) is 1.61. The maximum atomic E-state index is 12.1. The number of ether oxygens (including phenoxy) is 1. The number of carbonyl (C=O) groups is 2. The lowest BCUT2D eigenvalue weighted by Gasteiger charge is -2.32. The van der Waals surface area contributed by atoms with Gasteiger partial charge in [-0.25, -0.2) is 4.98 Å². The summed E-state index contributed by atoms with van der Waals surface area (Å²) in [5, 5.41) is 8.70. The average Bonchev–Trinajstić information content (AvgIpc) is 2.38. The Morgan fingerprint density at radius 3 is 3.00 bits per heavy atom. The van der Waals surface area contributed by atoms with Crippen LogP contribution in [0.2, 0.25) is 0 Å². The Kier molecular flexibility index (Phi) is 3.91. The van der Waals surface area contributed by atoms with Crippen LogP contribution in [-0.4, -0.2) is 57.7 Å². The standard InChI is InChI=1S/C11H13N3O5/c15-9-5-12-8(4-13-9)11(18)14-1-2-19-7(6-14)3-10(16)17/h4-5,7H,1-3,6H2,(H,13,15)(H,16,17). The number of aromatic nitrogens is 2. The summed E-state index contributed by atoms with van der Waals surface area (Å²) in [6.45, 7) is 0.856. The first-order valence-corrected chi connectivity index (χ1v) is 5.73. The molecule has 1 atom stereocenters. The number of nitrogens with zero attached hydrogens (tertiary/aromatic N) is 2. The largest absolute Gasteiger partial charge is 0.481 e. The molecule has 2 heterocycles. The predicted molar refractivity (Wildman–Crippen MR) is 62.8 cm³/mol. The van der Waals surface area contributed by atoms with E-state index in [1.54, 1.807) is 0 Å². The second kappa shape index (κ2) is 5.61. The molecule has 0 aliphatic carbocycles. The summed E-state index contributed by atoms with van der Waals surface area (Å²) >= 11 is 0. The Bertz CT molecular complexity index is 521. The zero-order valence-electron chi connectivity index (χ0n) is 10.0. The lowest BCUT2D eigenvalue weighted by molar-refractivity contribution is -0.141. The molecule has 102 valence electrons. The molecule has 1 aliphatic rings. The van der Waals surface area contributed by atoms with Crippen LogP contribution in [0.15, 0.2) is 17.2 Å². The third-order valence-electron chi connectivity index (χ3n) is 2.72. The van der Waals surface area contributed by atoms with Crippen LogP contribution < -0.4 is 5.56 Å². The summed E-state index contributed by atoms with van der Waals surface area (Å²) in [7, 11) is 0. The Hall–Kier alpha value is -2.22. The van der Waals surface area contributed by atoms with Gasteiger partial charge in [-0.3, -0.25) is 14.4 Å². The van der Waals surface area contributed by atoms with Crippen molar-refractivity contribution in [2.24, 2.45) is 0 Å². The van der Waals surface area contributed by atoms with Gasteiger partial charge in [0.2, 0.25) is 0 Å². The Balaban J connectivity index is 2.04. The molecular weight excluding hydrogens is 254 g/mol. The fourth-order valence-corrected chi connectivity index (χ4v) is 1.84. The van der Waals surface area contributed by atoms with Gasteiger partial charge in [-0.15, -0.1) is 0 Å². The minimum Gasteiger partial charge on any atom is -0.481 e. The van der Waals surface area contributed by atoms with Crippen molar-refractivity contribution in [3.63, 3.8) is 0 Å². The molecule has 0 aromatic carbocycles. The average molecular weight is 267 g/mol. The van der Waals surface area contributed by atoms with Gasteiger partial charge in [0, 0.05) is 19.3 Å². The molecular formula is C11H13N3O5. The topological polar surface area (TPSA) is 113 Å². The number of H-pyrrole nitrogens is 1. The number of hydrogen-bond donors (Lipinski definition) is 2. The Labute approximate surface area is 108 Å². The second-order valence-corrected chi connectivity index (χ2v) is 4.14. The van der Waals surface area contributed by atoms with Crippen LogP contribution in [-0.2, 0) is 9.53 Å². The molecule has 1 aromatic heterocycles. The molecule has 1 saturated heterocycles. The van der Waals surface area contributed by atoms with Crippen LogP contribution >= 0.6 is 0 Å². The molecule has 2 N–H and O–H groups in total. The van der Waals surface area contributed by atoms with Gasteiger partial charge >= 0.3 is 5.97 Å². The molecule has 2 rings (SSSR count). The van der Waals surface area contributed by atoms with E-state index in [-0.39, 0.29) is 36.7 Å². The fraction of sp³-hybridized carbons (Fsp3) is 0.455. The van der Waals surface area contributed by atoms with Crippen molar-refractivity contribution in [1.29, 1.82) is 0 Å². The molecule has 0 bridgehead atoms. The number of carboxylic acids is 1. The summed E-state index contributed by atoms with van der Waals surface area (Å²) < 4.78 is 5.27. The first-order chi connectivity index (χ1) is 9.06. The van der Waals surface area contributed by atoms with E-state index < -0.39 is 12.1 Å². The van der Waals surface area contributed by atoms with Crippen molar-refractivity contribution in [2.75, 3.05) is 19.7 Å². The molecule has 1 amide bonds. The molecule has 0 spiro atoms. The van der Waals surface area contributed by atoms with Gasteiger partial charge in [0.15, 0.2) is 0 Å². The Morgan fingerprint density at radius 1 is 1.58 bits per heavy atom. The van der Waals surface area contributed by atoms with Crippen molar-refractivity contribution in [1.82, 2.24) is 14.9 Å². The van der Waals surface area contributed by atoms with Crippen LogP contribution in [0.1, 0.15) is 16.9 Å². The molecule has 1 unspecified atom stereocenters. The smallest absolute Gasteiger partial charge is 0.306 e. The second-order valence-electron chi connectivity index (χ2n) is 4.14. The highest BCUT2D eigenvalue weighted by molar-refractivity contribution is 5.92. The normalized spacial score (nSPS) is 19.2. The first kappa shape index (κ1) is 13.2. The minimum atomic E-state index is -0.971. The van der Waals surface area contributed by atoms with Crippen molar-refractivity contribution >= 4 is 11.9 Å². The summed E-state index contributed by atoms with van der Waals surface area (Å²) in [5.74, 6) is -1.32. The number of aromatic amines is 1. The van der Waals surface area contributed by atoms with E-state index in [0.717, 1.165) is 6.20 Å². The van der Waals surface area contributed by atoms with Crippen LogP contribution in [0.5, 0.6) is 0 Å². The third kappa shape index (κ3) is 3.38. The molecule has 19 heavy (non-hydrogen) atoms. The Morgan fingerprint density at radius 2 is 2.37 bits per heavy atom. The zero-order valence-corrected chi connectivity index (χ0v) is 10.0.